The Morgan fingerprint density at radius 3 is 2.55 bits per heavy atom. The summed E-state index contributed by atoms with van der Waals surface area (Å²) < 4.78 is 0. The van der Waals surface area contributed by atoms with E-state index in [2.05, 4.69) is 0 Å². The summed E-state index contributed by atoms with van der Waals surface area (Å²) in [5.74, 6) is -0.931. The van der Waals surface area contributed by atoms with Gasteiger partial charge in [-0.3, -0.25) is 0 Å². The van der Waals surface area contributed by atoms with Crippen molar-refractivity contribution in [3.8, 4) is 0 Å². The smallest absolute Gasteiger partial charge is 0.329 e. The van der Waals surface area contributed by atoms with E-state index in [0.29, 0.717) is 19.5 Å². The minimum absolute atomic E-state index is 0.168. The van der Waals surface area contributed by atoms with Crippen LogP contribution in [0.5, 0.6) is 0 Å². The van der Waals surface area contributed by atoms with Gasteiger partial charge < -0.3 is 20.0 Å². The number of likely N-dealkylation sites (tertiary alicyclic amines) is 1. The van der Waals surface area contributed by atoms with Gasteiger partial charge in [0.2, 0.25) is 0 Å². The molecule has 1 saturated heterocycles. The predicted molar refractivity (Wildman–Crippen MR) is 75.6 cm³/mol. The van der Waals surface area contributed by atoms with Crippen LogP contribution in [-0.4, -0.2) is 64.3 Å². The Morgan fingerprint density at radius 2 is 1.95 bits per heavy atom. The van der Waals surface area contributed by atoms with E-state index in [-0.39, 0.29) is 12.6 Å². The molecule has 6 nitrogen and oxygen atoms in total. The standard InChI is InChI=1S/C14H26N2O4/c1-14(12(18)19)8-4-6-10-16(14)13(20)15(2)9-5-3-7-11-17/h17H,3-11H2,1-2H3,(H,18,19). The fourth-order valence-corrected chi connectivity index (χ4v) is 2.59. The number of rotatable bonds is 6. The van der Waals surface area contributed by atoms with Crippen LogP contribution in [0.25, 0.3) is 0 Å². The van der Waals surface area contributed by atoms with E-state index >= 15 is 0 Å². The van der Waals surface area contributed by atoms with Crippen molar-refractivity contribution in [1.82, 2.24) is 9.80 Å². The minimum atomic E-state index is -1.09. The molecular weight excluding hydrogens is 260 g/mol. The lowest BCUT2D eigenvalue weighted by atomic mass is 9.89. The number of amides is 2. The number of carboxylic acid groups (broad SMARTS) is 1. The molecule has 1 fully saturated rings. The maximum absolute atomic E-state index is 12.4. The maximum Gasteiger partial charge on any atom is 0.329 e. The van der Waals surface area contributed by atoms with Crippen LogP contribution in [0.15, 0.2) is 0 Å². The van der Waals surface area contributed by atoms with E-state index in [9.17, 15) is 14.7 Å². The van der Waals surface area contributed by atoms with Gasteiger partial charge in [0, 0.05) is 26.7 Å². The van der Waals surface area contributed by atoms with Crippen molar-refractivity contribution in [1.29, 1.82) is 0 Å². The van der Waals surface area contributed by atoms with Crippen molar-refractivity contribution in [2.24, 2.45) is 0 Å². The van der Waals surface area contributed by atoms with Gasteiger partial charge in [-0.05, 0) is 45.4 Å². The molecule has 0 aromatic rings. The number of carboxylic acids is 1. The van der Waals surface area contributed by atoms with Crippen LogP contribution in [0.4, 0.5) is 4.79 Å². The van der Waals surface area contributed by atoms with E-state index in [1.807, 2.05) is 0 Å². The summed E-state index contributed by atoms with van der Waals surface area (Å²) in [5.41, 5.74) is -1.09. The highest BCUT2D eigenvalue weighted by molar-refractivity contribution is 5.86. The molecule has 0 aromatic heterocycles. The lowest BCUT2D eigenvalue weighted by Gasteiger charge is -2.43. The monoisotopic (exact) mass is 286 g/mol. The Labute approximate surface area is 120 Å². The van der Waals surface area contributed by atoms with Gasteiger partial charge in [0.25, 0.3) is 0 Å². The Balaban J connectivity index is 2.61. The lowest BCUT2D eigenvalue weighted by Crippen LogP contribution is -2.60. The van der Waals surface area contributed by atoms with Gasteiger partial charge in [-0.25, -0.2) is 9.59 Å². The third-order valence-corrected chi connectivity index (χ3v) is 4.06. The lowest BCUT2D eigenvalue weighted by molar-refractivity contribution is -0.150. The maximum atomic E-state index is 12.4. The predicted octanol–water partition coefficient (Wildman–Crippen LogP) is 1.53. The first-order valence-corrected chi connectivity index (χ1v) is 7.30. The van der Waals surface area contributed by atoms with Gasteiger partial charge in [0.1, 0.15) is 5.54 Å². The van der Waals surface area contributed by atoms with Crippen LogP contribution in [0.1, 0.15) is 45.4 Å². The number of unbranched alkanes of at least 4 members (excludes halogenated alkanes) is 2. The zero-order valence-corrected chi connectivity index (χ0v) is 12.5. The molecule has 0 bridgehead atoms. The third-order valence-electron chi connectivity index (χ3n) is 4.06. The molecule has 0 aromatic carbocycles. The molecule has 2 N–H and O–H groups in total. The Bertz CT molecular complexity index is 348. The van der Waals surface area contributed by atoms with E-state index in [4.69, 9.17) is 5.11 Å². The third kappa shape index (κ3) is 3.85. The van der Waals surface area contributed by atoms with Gasteiger partial charge in [-0.15, -0.1) is 0 Å². The molecule has 1 unspecified atom stereocenters. The number of nitrogens with zero attached hydrogens (tertiary/aromatic N) is 2. The van der Waals surface area contributed by atoms with Gasteiger partial charge >= 0.3 is 12.0 Å². The normalized spacial score (nSPS) is 22.6. The number of aliphatic hydroxyl groups is 1. The number of carbonyl (C=O) groups is 2. The number of piperidine rings is 1. The summed E-state index contributed by atoms with van der Waals surface area (Å²) in [6.45, 7) is 2.89. The van der Waals surface area contributed by atoms with Crippen molar-refractivity contribution >= 4 is 12.0 Å². The number of hydrogen-bond acceptors (Lipinski definition) is 3. The number of aliphatic hydroxyl groups excluding tert-OH is 1. The summed E-state index contributed by atoms with van der Waals surface area (Å²) in [6.07, 6.45) is 4.62. The summed E-state index contributed by atoms with van der Waals surface area (Å²) >= 11 is 0. The van der Waals surface area contributed by atoms with Crippen molar-refractivity contribution in [3.05, 3.63) is 0 Å². The first-order chi connectivity index (χ1) is 9.43. The van der Waals surface area contributed by atoms with Crippen molar-refractivity contribution in [3.63, 3.8) is 0 Å². The van der Waals surface area contributed by atoms with Crippen LogP contribution in [0, 0.1) is 0 Å². The Hall–Kier alpha value is -1.30. The number of urea groups is 1. The molecule has 0 saturated carbocycles. The average molecular weight is 286 g/mol. The SMILES string of the molecule is CN(CCCCCO)C(=O)N1CCCCC1(C)C(=O)O. The van der Waals surface area contributed by atoms with Crippen LogP contribution in [0.3, 0.4) is 0 Å². The molecule has 116 valence electrons. The van der Waals surface area contributed by atoms with Crippen molar-refractivity contribution in [2.75, 3.05) is 26.7 Å². The zero-order valence-electron chi connectivity index (χ0n) is 12.5. The molecule has 0 spiro atoms. The first-order valence-electron chi connectivity index (χ1n) is 7.30. The molecule has 2 amide bonds. The highest BCUT2D eigenvalue weighted by Crippen LogP contribution is 2.29. The molecule has 0 radical (unpaired) electrons. The van der Waals surface area contributed by atoms with E-state index in [1.165, 1.54) is 4.90 Å². The second-order valence-corrected chi connectivity index (χ2v) is 5.68. The molecule has 6 heteroatoms. The molecule has 1 atom stereocenters. The van der Waals surface area contributed by atoms with Gasteiger partial charge in [0.15, 0.2) is 0 Å². The zero-order chi connectivity index (χ0) is 15.2. The second-order valence-electron chi connectivity index (χ2n) is 5.68. The molecule has 0 aliphatic carbocycles. The fourth-order valence-electron chi connectivity index (χ4n) is 2.59. The minimum Gasteiger partial charge on any atom is -0.480 e. The summed E-state index contributed by atoms with van der Waals surface area (Å²) in [4.78, 5) is 27.0. The quantitative estimate of drug-likeness (QED) is 0.726. The summed E-state index contributed by atoms with van der Waals surface area (Å²) in [7, 11) is 1.71. The molecule has 1 aliphatic heterocycles. The molecule has 1 heterocycles. The Kier molecular flexibility index (Phi) is 6.26. The van der Waals surface area contributed by atoms with Crippen LogP contribution in [0.2, 0.25) is 0 Å². The van der Waals surface area contributed by atoms with E-state index < -0.39 is 11.5 Å². The second kappa shape index (κ2) is 7.47. The van der Waals surface area contributed by atoms with Crippen LogP contribution < -0.4 is 0 Å². The van der Waals surface area contributed by atoms with Crippen molar-refractivity contribution in [2.45, 2.75) is 51.0 Å². The summed E-state index contributed by atoms with van der Waals surface area (Å²) in [6, 6.07) is -0.210. The summed E-state index contributed by atoms with van der Waals surface area (Å²) in [5, 5.41) is 18.1. The van der Waals surface area contributed by atoms with Gasteiger partial charge in [-0.1, -0.05) is 0 Å². The number of aliphatic carboxylic acids is 1. The van der Waals surface area contributed by atoms with Gasteiger partial charge in [-0.2, -0.15) is 0 Å². The largest absolute Gasteiger partial charge is 0.480 e. The highest BCUT2D eigenvalue weighted by atomic mass is 16.4. The molecule has 1 aliphatic rings. The van der Waals surface area contributed by atoms with Crippen molar-refractivity contribution < 1.29 is 19.8 Å². The molecule has 20 heavy (non-hydrogen) atoms. The average Bonchev–Trinajstić information content (AvgIpc) is 2.43. The van der Waals surface area contributed by atoms with Gasteiger partial charge in [0.05, 0.1) is 0 Å². The van der Waals surface area contributed by atoms with E-state index in [1.54, 1.807) is 18.9 Å². The van der Waals surface area contributed by atoms with Crippen LogP contribution >= 0.6 is 0 Å². The highest BCUT2D eigenvalue weighted by Gasteiger charge is 2.44. The molecule has 1 rings (SSSR count). The first kappa shape index (κ1) is 16.8. The number of carbonyl (C=O) groups excluding carboxylic acids is 1. The van der Waals surface area contributed by atoms with E-state index in [0.717, 1.165) is 32.1 Å². The van der Waals surface area contributed by atoms with Crippen LogP contribution in [-0.2, 0) is 4.79 Å². The Morgan fingerprint density at radius 1 is 1.25 bits per heavy atom. The fraction of sp³-hybridized carbons (Fsp3) is 0.857. The number of hydrogen-bond donors (Lipinski definition) is 2. The topological polar surface area (TPSA) is 81.1 Å². The molecular formula is C14H26N2O4.